The van der Waals surface area contributed by atoms with Gasteiger partial charge in [0.15, 0.2) is 5.76 Å². The highest BCUT2D eigenvalue weighted by atomic mass is 16.5. The Kier molecular flexibility index (Phi) is 6.43. The molecule has 0 fully saturated rings. The van der Waals surface area contributed by atoms with Crippen molar-refractivity contribution in [1.29, 1.82) is 0 Å². The van der Waals surface area contributed by atoms with Gasteiger partial charge in [-0.3, -0.25) is 4.79 Å². The van der Waals surface area contributed by atoms with Gasteiger partial charge in [0.2, 0.25) is 0 Å². The minimum Gasteiger partial charge on any atom is -0.497 e. The van der Waals surface area contributed by atoms with Gasteiger partial charge in [0.05, 0.1) is 20.3 Å². The number of hydrogen-bond donors (Lipinski definition) is 1. The number of ether oxygens (including phenoxy) is 3. The van der Waals surface area contributed by atoms with Crippen LogP contribution in [0.25, 0.3) is 11.0 Å². The largest absolute Gasteiger partial charge is 0.497 e. The van der Waals surface area contributed by atoms with Crippen molar-refractivity contribution in [2.24, 2.45) is 0 Å². The van der Waals surface area contributed by atoms with E-state index in [2.05, 4.69) is 5.32 Å². The number of nitrogens with one attached hydrogen (secondary N) is 1. The van der Waals surface area contributed by atoms with Crippen LogP contribution >= 0.6 is 0 Å². The Morgan fingerprint density at radius 1 is 1.22 bits per heavy atom. The highest BCUT2D eigenvalue weighted by molar-refractivity contribution is 5.99. The van der Waals surface area contributed by atoms with Gasteiger partial charge in [0.1, 0.15) is 11.3 Å². The van der Waals surface area contributed by atoms with E-state index in [4.69, 9.17) is 18.6 Å². The van der Waals surface area contributed by atoms with Gasteiger partial charge in [-0.15, -0.1) is 0 Å². The fourth-order valence-electron chi connectivity index (χ4n) is 2.24. The second-order valence-electron chi connectivity index (χ2n) is 5.13. The lowest BCUT2D eigenvalue weighted by Gasteiger charge is -2.05. The lowest BCUT2D eigenvalue weighted by atomic mass is 10.1. The lowest BCUT2D eigenvalue weighted by molar-refractivity contribution is 0.0687. The van der Waals surface area contributed by atoms with E-state index in [1.54, 1.807) is 14.2 Å². The Bertz CT molecular complexity index is 650. The first-order valence-corrected chi connectivity index (χ1v) is 7.59. The number of amides is 1. The van der Waals surface area contributed by atoms with Gasteiger partial charge in [-0.25, -0.2) is 0 Å². The molecule has 23 heavy (non-hydrogen) atoms. The van der Waals surface area contributed by atoms with E-state index in [1.165, 1.54) is 0 Å². The third kappa shape index (κ3) is 4.46. The normalized spacial score (nSPS) is 10.9. The van der Waals surface area contributed by atoms with Gasteiger partial charge in [0.25, 0.3) is 5.91 Å². The average molecular weight is 321 g/mol. The van der Waals surface area contributed by atoms with Crippen LogP contribution in [-0.4, -0.2) is 46.5 Å². The van der Waals surface area contributed by atoms with Crippen LogP contribution in [-0.2, 0) is 9.47 Å². The summed E-state index contributed by atoms with van der Waals surface area (Å²) in [4.78, 5) is 12.2. The first-order valence-electron chi connectivity index (χ1n) is 7.59. The summed E-state index contributed by atoms with van der Waals surface area (Å²) < 4.78 is 21.1. The maximum Gasteiger partial charge on any atom is 0.287 e. The summed E-state index contributed by atoms with van der Waals surface area (Å²) in [7, 11) is 3.24. The molecule has 0 aliphatic carbocycles. The summed E-state index contributed by atoms with van der Waals surface area (Å²) >= 11 is 0. The van der Waals surface area contributed by atoms with Crippen molar-refractivity contribution >= 4 is 16.9 Å². The van der Waals surface area contributed by atoms with Crippen LogP contribution in [0.1, 0.15) is 22.5 Å². The Balaban J connectivity index is 1.89. The van der Waals surface area contributed by atoms with Gasteiger partial charge in [0, 0.05) is 31.2 Å². The number of methoxy groups -OCH3 is 2. The van der Waals surface area contributed by atoms with Crippen LogP contribution in [0.15, 0.2) is 22.6 Å². The molecule has 2 aromatic rings. The molecular weight excluding hydrogens is 298 g/mol. The summed E-state index contributed by atoms with van der Waals surface area (Å²) in [5.41, 5.74) is 1.49. The summed E-state index contributed by atoms with van der Waals surface area (Å²) in [6.07, 6.45) is 0.739. The number of benzene rings is 1. The molecule has 0 bridgehead atoms. The maximum absolute atomic E-state index is 12.2. The summed E-state index contributed by atoms with van der Waals surface area (Å²) in [6, 6.07) is 5.49. The van der Waals surface area contributed by atoms with Crippen molar-refractivity contribution in [1.82, 2.24) is 5.32 Å². The highest BCUT2D eigenvalue weighted by Crippen LogP contribution is 2.28. The Labute approximate surface area is 135 Å². The molecule has 0 unspecified atom stereocenters. The molecule has 126 valence electrons. The summed E-state index contributed by atoms with van der Waals surface area (Å²) in [5, 5.41) is 3.73. The van der Waals surface area contributed by atoms with Crippen molar-refractivity contribution in [2.75, 3.05) is 40.6 Å². The van der Waals surface area contributed by atoms with E-state index in [0.717, 1.165) is 23.1 Å². The first kappa shape index (κ1) is 17.3. The van der Waals surface area contributed by atoms with E-state index in [9.17, 15) is 4.79 Å². The molecule has 6 nitrogen and oxygen atoms in total. The molecule has 1 aromatic heterocycles. The van der Waals surface area contributed by atoms with Crippen molar-refractivity contribution < 1.29 is 23.4 Å². The summed E-state index contributed by atoms with van der Waals surface area (Å²) in [6.45, 7) is 4.13. The molecular formula is C17H23NO5. The Morgan fingerprint density at radius 3 is 2.78 bits per heavy atom. The SMILES string of the molecule is COCCOCCCNC(=O)c1oc2ccc(OC)cc2c1C. The van der Waals surface area contributed by atoms with Crippen LogP contribution in [0.5, 0.6) is 5.75 Å². The van der Waals surface area contributed by atoms with E-state index in [0.29, 0.717) is 37.7 Å². The minimum atomic E-state index is -0.213. The average Bonchev–Trinajstić information content (AvgIpc) is 2.90. The smallest absolute Gasteiger partial charge is 0.287 e. The fourth-order valence-corrected chi connectivity index (χ4v) is 2.24. The van der Waals surface area contributed by atoms with Crippen molar-refractivity contribution in [3.8, 4) is 5.75 Å². The minimum absolute atomic E-state index is 0.213. The molecule has 1 amide bonds. The van der Waals surface area contributed by atoms with Crippen molar-refractivity contribution in [3.63, 3.8) is 0 Å². The van der Waals surface area contributed by atoms with Crippen LogP contribution in [0.3, 0.4) is 0 Å². The number of hydrogen-bond acceptors (Lipinski definition) is 5. The van der Waals surface area contributed by atoms with Gasteiger partial charge in [-0.1, -0.05) is 0 Å². The van der Waals surface area contributed by atoms with Crippen LogP contribution < -0.4 is 10.1 Å². The number of carbonyl (C=O) groups excluding carboxylic acids is 1. The van der Waals surface area contributed by atoms with E-state index in [1.807, 2.05) is 25.1 Å². The van der Waals surface area contributed by atoms with E-state index >= 15 is 0 Å². The molecule has 1 aromatic carbocycles. The standard InChI is InChI=1S/C17H23NO5/c1-12-14-11-13(21-3)5-6-15(14)23-16(12)17(19)18-7-4-8-22-10-9-20-2/h5-6,11H,4,7-10H2,1-3H3,(H,18,19). The molecule has 0 saturated carbocycles. The molecule has 0 spiro atoms. The number of fused-ring (bicyclic) bond motifs is 1. The Hall–Kier alpha value is -2.05. The molecule has 6 heteroatoms. The topological polar surface area (TPSA) is 69.9 Å². The molecule has 0 radical (unpaired) electrons. The van der Waals surface area contributed by atoms with Crippen LogP contribution in [0.2, 0.25) is 0 Å². The lowest BCUT2D eigenvalue weighted by Crippen LogP contribution is -2.25. The third-order valence-electron chi connectivity index (χ3n) is 3.53. The van der Waals surface area contributed by atoms with E-state index < -0.39 is 0 Å². The molecule has 0 atom stereocenters. The third-order valence-corrected chi connectivity index (χ3v) is 3.53. The zero-order chi connectivity index (χ0) is 16.7. The Morgan fingerprint density at radius 2 is 2.04 bits per heavy atom. The monoisotopic (exact) mass is 321 g/mol. The number of rotatable bonds is 9. The maximum atomic E-state index is 12.2. The quantitative estimate of drug-likeness (QED) is 0.719. The molecule has 0 aliphatic rings. The highest BCUT2D eigenvalue weighted by Gasteiger charge is 2.17. The second kappa shape index (κ2) is 8.55. The molecule has 1 heterocycles. The number of aryl methyl sites for hydroxylation is 1. The fraction of sp³-hybridized carbons (Fsp3) is 0.471. The van der Waals surface area contributed by atoms with Gasteiger partial charge in [-0.2, -0.15) is 0 Å². The molecule has 0 aliphatic heterocycles. The van der Waals surface area contributed by atoms with E-state index in [-0.39, 0.29) is 5.91 Å². The summed E-state index contributed by atoms with van der Waals surface area (Å²) in [5.74, 6) is 0.865. The van der Waals surface area contributed by atoms with Gasteiger partial charge < -0.3 is 23.9 Å². The van der Waals surface area contributed by atoms with Crippen molar-refractivity contribution in [3.05, 3.63) is 29.5 Å². The zero-order valence-electron chi connectivity index (χ0n) is 13.8. The van der Waals surface area contributed by atoms with Gasteiger partial charge >= 0.3 is 0 Å². The number of carbonyl (C=O) groups is 1. The predicted octanol–water partition coefficient (Wildman–Crippen LogP) is 2.53. The second-order valence-corrected chi connectivity index (χ2v) is 5.13. The molecule has 2 rings (SSSR count). The van der Waals surface area contributed by atoms with Crippen molar-refractivity contribution in [2.45, 2.75) is 13.3 Å². The molecule has 0 saturated heterocycles. The molecule has 1 N–H and O–H groups in total. The first-order chi connectivity index (χ1) is 11.2. The van der Waals surface area contributed by atoms with Crippen LogP contribution in [0.4, 0.5) is 0 Å². The number of furan rings is 1. The zero-order valence-corrected chi connectivity index (χ0v) is 13.8. The van der Waals surface area contributed by atoms with Crippen LogP contribution in [0, 0.1) is 6.92 Å². The van der Waals surface area contributed by atoms with Gasteiger partial charge in [-0.05, 0) is 31.5 Å². The predicted molar refractivity (Wildman–Crippen MR) is 87.1 cm³/mol.